The molecule has 0 aliphatic rings. The van der Waals surface area contributed by atoms with E-state index in [0.717, 1.165) is 18.2 Å². The molecule has 4 aromatic rings. The number of nitrogens with zero attached hydrogens (tertiary/aromatic N) is 5. The fraction of sp³-hybridized carbons (Fsp3) is 0.0435. The van der Waals surface area contributed by atoms with Gasteiger partial charge >= 0.3 is 5.97 Å². The number of hydrogen-bond acceptors (Lipinski definition) is 9. The number of rotatable bonds is 6. The lowest BCUT2D eigenvalue weighted by Crippen LogP contribution is -2.20. The van der Waals surface area contributed by atoms with Crippen molar-refractivity contribution >= 4 is 34.5 Å². The van der Waals surface area contributed by atoms with Crippen LogP contribution in [0.5, 0.6) is 5.75 Å². The highest BCUT2D eigenvalue weighted by Gasteiger charge is 2.21. The van der Waals surface area contributed by atoms with Crippen molar-refractivity contribution in [3.63, 3.8) is 0 Å². The third-order valence-electron chi connectivity index (χ3n) is 4.89. The normalized spacial score (nSPS) is 11.0. The van der Waals surface area contributed by atoms with Crippen LogP contribution in [0.4, 0.5) is 11.4 Å². The lowest BCUT2D eigenvalue weighted by Gasteiger charge is -2.06. The molecule has 0 N–H and O–H groups in total. The van der Waals surface area contributed by atoms with Crippen molar-refractivity contribution in [2.24, 2.45) is 5.10 Å². The number of benzene rings is 3. The first kappa shape index (κ1) is 22.9. The van der Waals surface area contributed by atoms with Crippen LogP contribution in [0.3, 0.4) is 0 Å². The van der Waals surface area contributed by atoms with E-state index in [0.29, 0.717) is 22.3 Å². The van der Waals surface area contributed by atoms with Gasteiger partial charge in [-0.25, -0.2) is 9.78 Å². The van der Waals surface area contributed by atoms with E-state index in [9.17, 15) is 29.8 Å². The van der Waals surface area contributed by atoms with Gasteiger partial charge in [-0.15, -0.1) is 0 Å². The predicted molar refractivity (Wildman–Crippen MR) is 125 cm³/mol. The average Bonchev–Trinajstić information content (AvgIpc) is 2.84. The van der Waals surface area contributed by atoms with Gasteiger partial charge in [0.05, 0.1) is 38.6 Å². The summed E-state index contributed by atoms with van der Waals surface area (Å²) in [6.45, 7) is 1.66. The zero-order valence-corrected chi connectivity index (χ0v) is 18.0. The van der Waals surface area contributed by atoms with Gasteiger partial charge in [-0.3, -0.25) is 25.0 Å². The molecule has 0 fully saturated rings. The number of fused-ring (bicyclic) bond motifs is 1. The zero-order valence-electron chi connectivity index (χ0n) is 18.0. The summed E-state index contributed by atoms with van der Waals surface area (Å²) in [5.41, 5.74) is -0.717. The second-order valence-electron chi connectivity index (χ2n) is 7.25. The number of para-hydroxylation sites is 1. The van der Waals surface area contributed by atoms with Gasteiger partial charge in [0, 0.05) is 12.1 Å². The molecule has 174 valence electrons. The first-order chi connectivity index (χ1) is 16.7. The highest BCUT2D eigenvalue weighted by atomic mass is 16.6. The van der Waals surface area contributed by atoms with Gasteiger partial charge in [-0.2, -0.15) is 9.78 Å². The van der Waals surface area contributed by atoms with E-state index in [-0.39, 0.29) is 16.9 Å². The van der Waals surface area contributed by atoms with Crippen LogP contribution in [0.25, 0.3) is 10.9 Å². The fourth-order valence-electron chi connectivity index (χ4n) is 3.21. The molecule has 0 atom stereocenters. The van der Waals surface area contributed by atoms with E-state index in [1.807, 2.05) is 0 Å². The largest absolute Gasteiger partial charge is 0.423 e. The Labute approximate surface area is 196 Å². The lowest BCUT2D eigenvalue weighted by molar-refractivity contribution is -0.394. The number of esters is 1. The van der Waals surface area contributed by atoms with Crippen molar-refractivity contribution < 1.29 is 19.4 Å². The Kier molecular flexibility index (Phi) is 6.10. The maximum absolute atomic E-state index is 12.7. The molecule has 3 aromatic carbocycles. The molecule has 0 unspecified atom stereocenters. The van der Waals surface area contributed by atoms with Crippen LogP contribution in [-0.4, -0.2) is 31.7 Å². The molecule has 0 radical (unpaired) electrons. The van der Waals surface area contributed by atoms with Crippen LogP contribution in [0, 0.1) is 27.2 Å². The molecular weight excluding hydrogens is 458 g/mol. The summed E-state index contributed by atoms with van der Waals surface area (Å²) in [6.07, 6.45) is 1.43. The highest BCUT2D eigenvalue weighted by molar-refractivity contribution is 5.92. The molecular formula is C23H15N5O7. The molecule has 12 heteroatoms. The van der Waals surface area contributed by atoms with Crippen molar-refractivity contribution in [2.45, 2.75) is 6.92 Å². The number of nitro groups is 2. The number of hydrogen-bond donors (Lipinski definition) is 0. The van der Waals surface area contributed by atoms with Crippen LogP contribution in [0.1, 0.15) is 21.7 Å². The van der Waals surface area contributed by atoms with E-state index in [2.05, 4.69) is 10.1 Å². The van der Waals surface area contributed by atoms with Crippen molar-refractivity contribution in [1.82, 2.24) is 9.66 Å². The Hall–Kier alpha value is -5.26. The van der Waals surface area contributed by atoms with Crippen molar-refractivity contribution in [3.05, 3.63) is 114 Å². The number of non-ortho nitro benzene ring substituents is 2. The first-order valence-electron chi connectivity index (χ1n) is 10.0. The second-order valence-corrected chi connectivity index (χ2v) is 7.25. The number of carbonyl (C=O) groups is 1. The van der Waals surface area contributed by atoms with E-state index < -0.39 is 27.2 Å². The summed E-state index contributed by atoms with van der Waals surface area (Å²) in [4.78, 5) is 49.8. The van der Waals surface area contributed by atoms with Gasteiger partial charge in [0.25, 0.3) is 16.9 Å². The minimum Gasteiger partial charge on any atom is -0.423 e. The Morgan fingerprint density at radius 2 is 1.63 bits per heavy atom. The monoisotopic (exact) mass is 473 g/mol. The maximum Gasteiger partial charge on any atom is 0.344 e. The molecule has 1 aromatic heterocycles. The number of aryl methyl sites for hydroxylation is 1. The Morgan fingerprint density at radius 1 is 1.00 bits per heavy atom. The fourth-order valence-corrected chi connectivity index (χ4v) is 3.21. The molecule has 35 heavy (non-hydrogen) atoms. The average molecular weight is 473 g/mol. The highest BCUT2D eigenvalue weighted by Crippen LogP contribution is 2.24. The van der Waals surface area contributed by atoms with E-state index >= 15 is 0 Å². The Morgan fingerprint density at radius 3 is 2.26 bits per heavy atom. The van der Waals surface area contributed by atoms with Crippen molar-refractivity contribution in [1.29, 1.82) is 0 Å². The molecule has 0 spiro atoms. The summed E-state index contributed by atoms with van der Waals surface area (Å²) >= 11 is 0. The maximum atomic E-state index is 12.7. The van der Waals surface area contributed by atoms with Crippen LogP contribution in [-0.2, 0) is 0 Å². The zero-order chi connectivity index (χ0) is 25.1. The standard InChI is InChI=1S/C23H15N5O7/c1-14-25-21-5-3-2-4-20(21)22(29)26(14)24-13-15-6-8-19(9-7-15)35-23(30)16-10-17(27(31)32)12-18(11-16)28(33)34/h2-13H,1H3. The minimum absolute atomic E-state index is 0.0991. The van der Waals surface area contributed by atoms with Gasteiger partial charge in [0.1, 0.15) is 11.6 Å². The number of carbonyl (C=O) groups excluding carboxylic acids is 1. The molecule has 0 saturated carbocycles. The van der Waals surface area contributed by atoms with Gasteiger partial charge in [-0.1, -0.05) is 12.1 Å². The molecule has 0 bridgehead atoms. The SMILES string of the molecule is Cc1nc2ccccc2c(=O)n1N=Cc1ccc(OC(=O)c2cc([N+](=O)[O-])cc([N+](=O)[O-])c2)cc1. The van der Waals surface area contributed by atoms with Crippen molar-refractivity contribution in [2.75, 3.05) is 0 Å². The second kappa shape index (κ2) is 9.31. The van der Waals surface area contributed by atoms with E-state index in [1.165, 1.54) is 23.0 Å². The molecule has 1 heterocycles. The third-order valence-corrected chi connectivity index (χ3v) is 4.89. The summed E-state index contributed by atoms with van der Waals surface area (Å²) in [7, 11) is 0. The van der Waals surface area contributed by atoms with Crippen LogP contribution in [0.2, 0.25) is 0 Å². The quantitative estimate of drug-likeness (QED) is 0.135. The van der Waals surface area contributed by atoms with Gasteiger partial charge < -0.3 is 4.74 Å². The summed E-state index contributed by atoms with van der Waals surface area (Å²) in [5.74, 6) is -0.494. The number of nitro benzene ring substituents is 2. The van der Waals surface area contributed by atoms with E-state index in [4.69, 9.17) is 4.74 Å². The molecule has 4 rings (SSSR count). The van der Waals surface area contributed by atoms with Gasteiger partial charge in [0.2, 0.25) is 0 Å². The van der Waals surface area contributed by atoms with Gasteiger partial charge in [0.15, 0.2) is 0 Å². The Bertz CT molecular complexity index is 1540. The predicted octanol–water partition coefficient (Wildman–Crippen LogP) is 3.62. The number of ether oxygens (including phenoxy) is 1. The lowest BCUT2D eigenvalue weighted by atomic mass is 10.1. The smallest absolute Gasteiger partial charge is 0.344 e. The summed E-state index contributed by atoms with van der Waals surface area (Å²) < 4.78 is 6.35. The Balaban J connectivity index is 1.53. The van der Waals surface area contributed by atoms with Crippen LogP contribution >= 0.6 is 0 Å². The van der Waals surface area contributed by atoms with Crippen LogP contribution in [0.15, 0.2) is 76.6 Å². The molecule has 0 saturated heterocycles. The molecule has 0 aliphatic carbocycles. The van der Waals surface area contributed by atoms with Crippen LogP contribution < -0.4 is 10.3 Å². The molecule has 0 aliphatic heterocycles. The minimum atomic E-state index is -0.998. The van der Waals surface area contributed by atoms with Gasteiger partial charge in [-0.05, 0) is 48.9 Å². The summed E-state index contributed by atoms with van der Waals surface area (Å²) in [5, 5.41) is 26.6. The third kappa shape index (κ3) is 4.90. The topological polar surface area (TPSA) is 160 Å². The van der Waals surface area contributed by atoms with Crippen molar-refractivity contribution in [3.8, 4) is 5.75 Å². The number of aromatic nitrogens is 2. The van der Waals surface area contributed by atoms with E-state index in [1.54, 1.807) is 43.3 Å². The first-order valence-corrected chi connectivity index (χ1v) is 10.0. The summed E-state index contributed by atoms with van der Waals surface area (Å²) in [6, 6.07) is 15.5. The molecule has 12 nitrogen and oxygen atoms in total. The molecule has 0 amide bonds.